The van der Waals surface area contributed by atoms with Crippen molar-refractivity contribution in [3.8, 4) is 0 Å². The summed E-state index contributed by atoms with van der Waals surface area (Å²) < 4.78 is 0. The SMILES string of the molecule is CCc1cccc(CC2CCNc3ccccc32)c1. The molecule has 1 heterocycles. The lowest BCUT2D eigenvalue weighted by atomic mass is 9.85. The molecule has 0 saturated heterocycles. The molecular formula is C18H21N. The van der Waals surface area contributed by atoms with Crippen molar-refractivity contribution in [2.24, 2.45) is 0 Å². The van der Waals surface area contributed by atoms with Crippen LogP contribution in [0.25, 0.3) is 0 Å². The zero-order valence-corrected chi connectivity index (χ0v) is 11.5. The van der Waals surface area contributed by atoms with Crippen LogP contribution >= 0.6 is 0 Å². The molecule has 0 aromatic heterocycles. The van der Waals surface area contributed by atoms with Gasteiger partial charge in [0.25, 0.3) is 0 Å². The Labute approximate surface area is 115 Å². The molecular weight excluding hydrogens is 230 g/mol. The summed E-state index contributed by atoms with van der Waals surface area (Å²) in [6.45, 7) is 3.31. The second kappa shape index (κ2) is 5.48. The summed E-state index contributed by atoms with van der Waals surface area (Å²) in [5.74, 6) is 0.657. The number of rotatable bonds is 3. The Kier molecular flexibility index (Phi) is 3.54. The highest BCUT2D eigenvalue weighted by Gasteiger charge is 2.19. The molecule has 0 spiro atoms. The van der Waals surface area contributed by atoms with Gasteiger partial charge in [-0.05, 0) is 47.9 Å². The van der Waals surface area contributed by atoms with E-state index in [9.17, 15) is 0 Å². The summed E-state index contributed by atoms with van der Waals surface area (Å²) in [7, 11) is 0. The van der Waals surface area contributed by atoms with Crippen LogP contribution in [0.15, 0.2) is 48.5 Å². The summed E-state index contributed by atoms with van der Waals surface area (Å²) in [5, 5.41) is 3.50. The number of aryl methyl sites for hydroxylation is 1. The van der Waals surface area contributed by atoms with Crippen molar-refractivity contribution in [2.75, 3.05) is 11.9 Å². The van der Waals surface area contributed by atoms with Crippen molar-refractivity contribution >= 4 is 5.69 Å². The monoisotopic (exact) mass is 251 g/mol. The second-order valence-electron chi connectivity index (χ2n) is 5.38. The molecule has 98 valence electrons. The van der Waals surface area contributed by atoms with E-state index in [2.05, 4.69) is 60.8 Å². The molecule has 0 bridgehead atoms. The average Bonchev–Trinajstić information content (AvgIpc) is 2.48. The highest BCUT2D eigenvalue weighted by atomic mass is 14.9. The molecule has 1 atom stereocenters. The lowest BCUT2D eigenvalue weighted by molar-refractivity contribution is 0.624. The predicted octanol–water partition coefficient (Wildman–Crippen LogP) is 4.39. The molecule has 1 aliphatic rings. The molecule has 0 aliphatic carbocycles. The normalized spacial score (nSPS) is 17.6. The van der Waals surface area contributed by atoms with Crippen molar-refractivity contribution in [2.45, 2.75) is 32.1 Å². The molecule has 0 fully saturated rings. The Bertz CT molecular complexity index is 559. The first-order valence-electron chi connectivity index (χ1n) is 7.27. The summed E-state index contributed by atoms with van der Waals surface area (Å²) in [5.41, 5.74) is 5.72. The first kappa shape index (κ1) is 12.3. The lowest BCUT2D eigenvalue weighted by Gasteiger charge is -2.26. The zero-order chi connectivity index (χ0) is 13.1. The Morgan fingerprint density at radius 2 is 1.89 bits per heavy atom. The summed E-state index contributed by atoms with van der Waals surface area (Å²) in [6, 6.07) is 17.8. The Balaban J connectivity index is 1.84. The van der Waals surface area contributed by atoms with Crippen LogP contribution in [0.3, 0.4) is 0 Å². The molecule has 0 radical (unpaired) electrons. The van der Waals surface area contributed by atoms with Gasteiger partial charge in [0.15, 0.2) is 0 Å². The second-order valence-corrected chi connectivity index (χ2v) is 5.38. The fourth-order valence-electron chi connectivity index (χ4n) is 3.02. The largest absolute Gasteiger partial charge is 0.385 e. The Morgan fingerprint density at radius 3 is 2.79 bits per heavy atom. The quantitative estimate of drug-likeness (QED) is 0.853. The van der Waals surface area contributed by atoms with Crippen LogP contribution in [0.4, 0.5) is 5.69 Å². The number of anilines is 1. The molecule has 3 rings (SSSR count). The van der Waals surface area contributed by atoms with E-state index < -0.39 is 0 Å². The highest BCUT2D eigenvalue weighted by molar-refractivity contribution is 5.55. The van der Waals surface area contributed by atoms with Gasteiger partial charge in [-0.15, -0.1) is 0 Å². The third-order valence-electron chi connectivity index (χ3n) is 4.09. The molecule has 0 saturated carbocycles. The Hall–Kier alpha value is -1.76. The molecule has 19 heavy (non-hydrogen) atoms. The van der Waals surface area contributed by atoms with E-state index in [1.165, 1.54) is 28.8 Å². The van der Waals surface area contributed by atoms with E-state index in [1.807, 2.05) is 0 Å². The van der Waals surface area contributed by atoms with Crippen LogP contribution in [-0.2, 0) is 12.8 Å². The third kappa shape index (κ3) is 2.65. The predicted molar refractivity (Wildman–Crippen MR) is 81.8 cm³/mol. The molecule has 1 unspecified atom stereocenters. The number of nitrogens with one attached hydrogen (secondary N) is 1. The van der Waals surface area contributed by atoms with Crippen molar-refractivity contribution in [3.63, 3.8) is 0 Å². The van der Waals surface area contributed by atoms with Gasteiger partial charge in [0, 0.05) is 12.2 Å². The Morgan fingerprint density at radius 1 is 1.05 bits per heavy atom. The molecule has 1 nitrogen and oxygen atoms in total. The van der Waals surface area contributed by atoms with Gasteiger partial charge in [0.05, 0.1) is 0 Å². The minimum absolute atomic E-state index is 0.657. The van der Waals surface area contributed by atoms with Crippen LogP contribution < -0.4 is 5.32 Å². The van der Waals surface area contributed by atoms with Gasteiger partial charge in [-0.1, -0.05) is 49.4 Å². The molecule has 1 N–H and O–H groups in total. The summed E-state index contributed by atoms with van der Waals surface area (Å²) in [6.07, 6.45) is 3.51. The highest BCUT2D eigenvalue weighted by Crippen LogP contribution is 2.33. The van der Waals surface area contributed by atoms with Crippen LogP contribution in [0.1, 0.15) is 36.0 Å². The third-order valence-corrected chi connectivity index (χ3v) is 4.09. The van der Waals surface area contributed by atoms with E-state index in [-0.39, 0.29) is 0 Å². The molecule has 2 aromatic rings. The van der Waals surface area contributed by atoms with Gasteiger partial charge in [-0.25, -0.2) is 0 Å². The van der Waals surface area contributed by atoms with Gasteiger partial charge in [-0.3, -0.25) is 0 Å². The lowest BCUT2D eigenvalue weighted by Crippen LogP contribution is -2.18. The number of fused-ring (bicyclic) bond motifs is 1. The van der Waals surface area contributed by atoms with Crippen molar-refractivity contribution < 1.29 is 0 Å². The van der Waals surface area contributed by atoms with Gasteiger partial charge in [0.1, 0.15) is 0 Å². The van der Waals surface area contributed by atoms with E-state index in [1.54, 1.807) is 0 Å². The van der Waals surface area contributed by atoms with Gasteiger partial charge in [-0.2, -0.15) is 0 Å². The van der Waals surface area contributed by atoms with Crippen LogP contribution in [0, 0.1) is 0 Å². The molecule has 0 amide bonds. The fourth-order valence-corrected chi connectivity index (χ4v) is 3.02. The number of benzene rings is 2. The molecule has 1 aliphatic heterocycles. The fraction of sp³-hybridized carbons (Fsp3) is 0.333. The van der Waals surface area contributed by atoms with Gasteiger partial charge in [0.2, 0.25) is 0 Å². The van der Waals surface area contributed by atoms with E-state index in [0.29, 0.717) is 5.92 Å². The zero-order valence-electron chi connectivity index (χ0n) is 11.5. The van der Waals surface area contributed by atoms with Crippen molar-refractivity contribution in [3.05, 3.63) is 65.2 Å². The van der Waals surface area contributed by atoms with E-state index >= 15 is 0 Å². The number of hydrogen-bond donors (Lipinski definition) is 1. The maximum Gasteiger partial charge on any atom is 0.0375 e. The smallest absolute Gasteiger partial charge is 0.0375 e. The summed E-state index contributed by atoms with van der Waals surface area (Å²) >= 11 is 0. The minimum atomic E-state index is 0.657. The van der Waals surface area contributed by atoms with E-state index in [4.69, 9.17) is 0 Å². The minimum Gasteiger partial charge on any atom is -0.385 e. The number of para-hydroxylation sites is 1. The maximum atomic E-state index is 3.50. The standard InChI is InChI=1S/C18H21N/c1-2-14-6-5-7-15(12-14)13-16-10-11-19-18-9-4-3-8-17(16)18/h3-9,12,16,19H,2,10-11,13H2,1H3. The van der Waals surface area contributed by atoms with Gasteiger partial charge < -0.3 is 5.32 Å². The molecule has 1 heteroatoms. The van der Waals surface area contributed by atoms with Crippen LogP contribution in [-0.4, -0.2) is 6.54 Å². The number of hydrogen-bond acceptors (Lipinski definition) is 1. The van der Waals surface area contributed by atoms with Crippen LogP contribution in [0.5, 0.6) is 0 Å². The topological polar surface area (TPSA) is 12.0 Å². The van der Waals surface area contributed by atoms with Gasteiger partial charge >= 0.3 is 0 Å². The molecule has 2 aromatic carbocycles. The van der Waals surface area contributed by atoms with Crippen LogP contribution in [0.2, 0.25) is 0 Å². The first-order chi connectivity index (χ1) is 9.36. The maximum absolute atomic E-state index is 3.50. The first-order valence-corrected chi connectivity index (χ1v) is 7.27. The average molecular weight is 251 g/mol. The summed E-state index contributed by atoms with van der Waals surface area (Å²) in [4.78, 5) is 0. The van der Waals surface area contributed by atoms with E-state index in [0.717, 1.165) is 19.4 Å². The van der Waals surface area contributed by atoms with Crippen molar-refractivity contribution in [1.29, 1.82) is 0 Å². The van der Waals surface area contributed by atoms with Crippen molar-refractivity contribution in [1.82, 2.24) is 0 Å².